The first kappa shape index (κ1) is 33.4. The normalized spacial score (nSPS) is 16.7. The summed E-state index contributed by atoms with van der Waals surface area (Å²) in [7, 11) is 0. The zero-order valence-corrected chi connectivity index (χ0v) is 30.4. The second-order valence-electron chi connectivity index (χ2n) is 13.3. The van der Waals surface area contributed by atoms with Gasteiger partial charge in [-0.1, -0.05) is 170 Å². The van der Waals surface area contributed by atoms with Crippen LogP contribution in [0.15, 0.2) is 199 Å². The van der Waals surface area contributed by atoms with Crippen LogP contribution in [-0.4, -0.2) is 25.7 Å². The first-order chi connectivity index (χ1) is 26.8. The van der Waals surface area contributed by atoms with Gasteiger partial charge in [0.05, 0.1) is 5.52 Å². The number of hydrogen-bond donors (Lipinski definition) is 0. The number of allylic oxidation sites excluding steroid dienone is 3. The van der Waals surface area contributed by atoms with Crippen molar-refractivity contribution >= 4 is 22.7 Å². The van der Waals surface area contributed by atoms with Gasteiger partial charge in [0.2, 0.25) is 0 Å². The minimum Gasteiger partial charge on any atom is -0.256 e. The fourth-order valence-corrected chi connectivity index (χ4v) is 8.45. The van der Waals surface area contributed by atoms with Crippen LogP contribution in [0.3, 0.4) is 0 Å². The van der Waals surface area contributed by atoms with E-state index in [1.807, 2.05) is 84.7 Å². The van der Waals surface area contributed by atoms with E-state index in [0.717, 1.165) is 39.8 Å². The molecule has 0 spiro atoms. The fraction of sp³-hybridized carbons (Fsp3) is 0.0612. The number of rotatable bonds is 6. The number of thioether (sulfide) groups is 1. The quantitative estimate of drug-likeness (QED) is 0.172. The lowest BCUT2D eigenvalue weighted by atomic mass is 9.67. The predicted molar refractivity (Wildman–Crippen MR) is 223 cm³/mol. The molecule has 0 aliphatic carbocycles. The Kier molecular flexibility index (Phi) is 9.22. The summed E-state index contributed by atoms with van der Waals surface area (Å²) in [4.78, 5) is 20.8. The molecule has 0 fully saturated rings. The van der Waals surface area contributed by atoms with Gasteiger partial charge in [-0.05, 0) is 52.4 Å². The molecule has 0 radical (unpaired) electrons. The van der Waals surface area contributed by atoms with E-state index in [0.29, 0.717) is 17.5 Å². The highest BCUT2D eigenvalue weighted by atomic mass is 32.2. The average Bonchev–Trinajstić information content (AvgIpc) is 3.25. The first-order valence-electron chi connectivity index (χ1n) is 18.2. The summed E-state index contributed by atoms with van der Waals surface area (Å²) in [5.74, 6) is 2.85. The van der Waals surface area contributed by atoms with Crippen LogP contribution in [0.5, 0.6) is 0 Å². The molecule has 0 N–H and O–H groups in total. The highest BCUT2D eigenvalue weighted by Crippen LogP contribution is 2.47. The largest absolute Gasteiger partial charge is 0.256 e. The van der Waals surface area contributed by atoms with Gasteiger partial charge in [-0.3, -0.25) is 4.98 Å². The molecule has 1 atom stereocenters. The highest BCUT2D eigenvalue weighted by Gasteiger charge is 2.37. The van der Waals surface area contributed by atoms with Crippen molar-refractivity contribution in [2.45, 2.75) is 16.7 Å². The van der Waals surface area contributed by atoms with Crippen LogP contribution < -0.4 is 0 Å². The number of aromatic nitrogens is 4. The lowest BCUT2D eigenvalue weighted by Gasteiger charge is -2.37. The third-order valence-corrected chi connectivity index (χ3v) is 11.2. The van der Waals surface area contributed by atoms with Crippen LogP contribution in [0.25, 0.3) is 56.2 Å². The molecule has 6 aromatic carbocycles. The zero-order chi connectivity index (χ0) is 36.2. The van der Waals surface area contributed by atoms with Gasteiger partial charge >= 0.3 is 0 Å². The summed E-state index contributed by atoms with van der Waals surface area (Å²) >= 11 is 1.88. The lowest BCUT2D eigenvalue weighted by Crippen LogP contribution is -2.30. The van der Waals surface area contributed by atoms with Crippen molar-refractivity contribution in [1.82, 2.24) is 19.9 Å². The van der Waals surface area contributed by atoms with Crippen molar-refractivity contribution in [2.24, 2.45) is 0 Å². The number of benzene rings is 6. The maximum atomic E-state index is 5.01. The maximum absolute atomic E-state index is 5.01. The van der Waals surface area contributed by atoms with E-state index in [4.69, 9.17) is 15.0 Å². The molecule has 1 aliphatic rings. The second-order valence-corrected chi connectivity index (χ2v) is 14.4. The van der Waals surface area contributed by atoms with Crippen LogP contribution in [-0.2, 0) is 5.41 Å². The van der Waals surface area contributed by atoms with Gasteiger partial charge in [0.15, 0.2) is 17.5 Å². The van der Waals surface area contributed by atoms with Gasteiger partial charge in [0.1, 0.15) is 0 Å². The summed E-state index contributed by atoms with van der Waals surface area (Å²) in [5.41, 5.74) is 9.45. The van der Waals surface area contributed by atoms with E-state index in [-0.39, 0.29) is 0 Å². The van der Waals surface area contributed by atoms with Crippen LogP contribution in [0.2, 0.25) is 0 Å². The smallest absolute Gasteiger partial charge is 0.164 e. The Morgan fingerprint density at radius 2 is 1.04 bits per heavy atom. The minimum absolute atomic E-state index is 0.466. The van der Waals surface area contributed by atoms with Gasteiger partial charge < -0.3 is 0 Å². The van der Waals surface area contributed by atoms with Crippen molar-refractivity contribution in [3.05, 3.63) is 211 Å². The van der Waals surface area contributed by atoms with Crippen LogP contribution >= 0.6 is 11.8 Å². The summed E-state index contributed by atoms with van der Waals surface area (Å²) < 4.78 is 0. The van der Waals surface area contributed by atoms with Gasteiger partial charge in [-0.25, -0.2) is 15.0 Å². The van der Waals surface area contributed by atoms with Crippen molar-refractivity contribution in [3.63, 3.8) is 0 Å². The molecular weight excluding hydrogens is 677 g/mol. The summed E-state index contributed by atoms with van der Waals surface area (Å²) in [6, 6.07) is 57.7. The molecule has 1 unspecified atom stereocenters. The fourth-order valence-electron chi connectivity index (χ4n) is 7.49. The van der Waals surface area contributed by atoms with Crippen LogP contribution in [0.1, 0.15) is 23.1 Å². The van der Waals surface area contributed by atoms with Crippen LogP contribution in [0.4, 0.5) is 0 Å². The number of pyridine rings is 1. The minimum atomic E-state index is -0.466. The molecule has 54 heavy (non-hydrogen) atoms. The molecule has 0 amide bonds. The molecule has 3 heterocycles. The Labute approximate surface area is 320 Å². The summed E-state index contributed by atoms with van der Waals surface area (Å²) in [6.07, 6.45) is 11.5. The Balaban J connectivity index is 1.20. The van der Waals surface area contributed by atoms with E-state index < -0.39 is 5.41 Å². The van der Waals surface area contributed by atoms with E-state index in [1.54, 1.807) is 0 Å². The molecular formula is C49H36N4S. The van der Waals surface area contributed by atoms with Crippen molar-refractivity contribution in [1.29, 1.82) is 0 Å². The average molecular weight is 713 g/mol. The Bertz CT molecular complexity index is 2550. The molecule has 0 saturated heterocycles. The molecule has 8 aromatic rings. The lowest BCUT2D eigenvalue weighted by molar-refractivity contribution is 0.615. The Morgan fingerprint density at radius 3 is 1.70 bits per heavy atom. The van der Waals surface area contributed by atoms with Gasteiger partial charge in [0.25, 0.3) is 0 Å². The Morgan fingerprint density at radius 1 is 0.463 bits per heavy atom. The summed E-state index contributed by atoms with van der Waals surface area (Å²) in [5, 5.41) is 1.15. The van der Waals surface area contributed by atoms with E-state index in [9.17, 15) is 0 Å². The highest BCUT2D eigenvalue weighted by molar-refractivity contribution is 7.99. The molecule has 5 heteroatoms. The number of hydrogen-bond acceptors (Lipinski definition) is 5. The molecule has 0 bridgehead atoms. The van der Waals surface area contributed by atoms with Crippen molar-refractivity contribution in [2.75, 3.05) is 5.75 Å². The topological polar surface area (TPSA) is 51.6 Å². The molecule has 4 nitrogen and oxygen atoms in total. The third-order valence-electron chi connectivity index (χ3n) is 10.2. The molecule has 9 rings (SSSR count). The SMILES string of the molecule is C1=C\CSc2ccccc2C(c2ccc(-c3nc(-c4ccccc4)nc(-c4ccccc4)n3)cc2)(c2ccc(-c3cccc4ncccc34)cc2)C\C=C/1. The van der Waals surface area contributed by atoms with Crippen molar-refractivity contribution in [3.8, 4) is 45.3 Å². The molecule has 2 aromatic heterocycles. The number of nitrogens with zero attached hydrogens (tertiary/aromatic N) is 4. The molecule has 258 valence electrons. The van der Waals surface area contributed by atoms with Crippen molar-refractivity contribution < 1.29 is 0 Å². The van der Waals surface area contributed by atoms with E-state index >= 15 is 0 Å². The monoisotopic (exact) mass is 712 g/mol. The zero-order valence-electron chi connectivity index (χ0n) is 29.6. The third kappa shape index (κ3) is 6.44. The maximum Gasteiger partial charge on any atom is 0.164 e. The standard InChI is InChI=1S/C49H36N4S/c1-2-12-34-54-45-23-10-9-21-43(45)49(32-11-1,39-28-24-35(25-29-39)41-19-13-22-44-42(41)20-14-33-50-44)40-30-26-38(27-31-40)48-52-46(36-15-5-3-6-16-36)51-47(53-48)37-17-7-4-8-18-37/h1-31,33H,32,34H2/b11-1-,12-2-. The molecule has 0 saturated carbocycles. The first-order valence-corrected chi connectivity index (χ1v) is 19.2. The number of fused-ring (bicyclic) bond motifs is 2. The van der Waals surface area contributed by atoms with Gasteiger partial charge in [-0.15, -0.1) is 11.8 Å². The van der Waals surface area contributed by atoms with E-state index in [1.165, 1.54) is 32.7 Å². The Hall–Kier alpha value is -6.43. The van der Waals surface area contributed by atoms with E-state index in [2.05, 4.69) is 126 Å². The second kappa shape index (κ2) is 14.9. The summed E-state index contributed by atoms with van der Waals surface area (Å²) in [6.45, 7) is 0. The van der Waals surface area contributed by atoms with Gasteiger partial charge in [-0.2, -0.15) is 0 Å². The molecule has 1 aliphatic heterocycles. The van der Waals surface area contributed by atoms with Crippen LogP contribution in [0, 0.1) is 0 Å². The van der Waals surface area contributed by atoms with Gasteiger partial charge in [0, 0.05) is 44.3 Å². The predicted octanol–water partition coefficient (Wildman–Crippen LogP) is 12.0.